The molecule has 1 aromatic rings. The van der Waals surface area contributed by atoms with Crippen LogP contribution in [0.3, 0.4) is 0 Å². The van der Waals surface area contributed by atoms with E-state index in [9.17, 15) is 14.9 Å². The summed E-state index contributed by atoms with van der Waals surface area (Å²) < 4.78 is 26.5. The first-order valence-corrected chi connectivity index (χ1v) is 15.5. The van der Waals surface area contributed by atoms with Crippen molar-refractivity contribution in [3.8, 4) is 6.07 Å². The molecule has 4 fully saturated rings. The highest BCUT2D eigenvalue weighted by Crippen LogP contribution is 2.43. The lowest BCUT2D eigenvalue weighted by Gasteiger charge is -2.45. The maximum Gasteiger partial charge on any atom is 0.411 e. The number of piperidine rings is 1. The minimum Gasteiger partial charge on any atom is -0.444 e. The predicted octanol–water partition coefficient (Wildman–Crippen LogP) is 4.24. The number of anilines is 1. The molecule has 1 saturated carbocycles. The largest absolute Gasteiger partial charge is 0.444 e. The summed E-state index contributed by atoms with van der Waals surface area (Å²) >= 11 is 0. The van der Waals surface area contributed by atoms with Gasteiger partial charge in [0.2, 0.25) is 5.91 Å². The molecule has 6 unspecified atom stereocenters. The third kappa shape index (κ3) is 6.23. The molecule has 3 aliphatic heterocycles. The van der Waals surface area contributed by atoms with Crippen LogP contribution in [0, 0.1) is 23.1 Å². The first-order chi connectivity index (χ1) is 20.0. The first-order valence-electron chi connectivity index (χ1n) is 15.5. The van der Waals surface area contributed by atoms with Crippen LogP contribution in [0.1, 0.15) is 71.8 Å². The number of nitrogens with one attached hydrogen (secondary N) is 1. The van der Waals surface area contributed by atoms with Crippen LogP contribution >= 0.6 is 0 Å². The van der Waals surface area contributed by atoms with Crippen molar-refractivity contribution in [3.05, 3.63) is 29.6 Å². The monoisotopic (exact) mass is 583 g/mol. The Bertz CT molecular complexity index is 1180. The molecule has 1 N–H and O–H groups in total. The van der Waals surface area contributed by atoms with Crippen LogP contribution in [-0.2, 0) is 20.7 Å². The Hall–Kier alpha value is -2.90. The summed E-state index contributed by atoms with van der Waals surface area (Å²) in [7, 11) is 1.75. The third-order valence-corrected chi connectivity index (χ3v) is 9.55. The van der Waals surface area contributed by atoms with Crippen LogP contribution in [0.15, 0.2) is 18.2 Å². The van der Waals surface area contributed by atoms with Crippen LogP contribution < -0.4 is 10.2 Å². The number of nitriles is 1. The predicted molar refractivity (Wildman–Crippen MR) is 157 cm³/mol. The highest BCUT2D eigenvalue weighted by atomic mass is 19.1. The zero-order valence-electron chi connectivity index (χ0n) is 25.6. The average molecular weight is 584 g/mol. The summed E-state index contributed by atoms with van der Waals surface area (Å²) in [5, 5.41) is 12.7. The van der Waals surface area contributed by atoms with E-state index < -0.39 is 23.8 Å². The molecule has 230 valence electrons. The molecule has 0 radical (unpaired) electrons. The Labute approximate surface area is 249 Å². The Morgan fingerprint density at radius 2 is 1.83 bits per heavy atom. The lowest BCUT2D eigenvalue weighted by molar-refractivity contribution is -0.128. The topological polar surface area (TPSA) is 98.1 Å². The normalized spacial score (nSPS) is 28.5. The van der Waals surface area contributed by atoms with Gasteiger partial charge in [-0.2, -0.15) is 5.26 Å². The van der Waals surface area contributed by atoms with E-state index in [1.807, 2.05) is 6.07 Å². The number of likely N-dealkylation sites (tertiary alicyclic amines) is 2. The van der Waals surface area contributed by atoms with E-state index >= 15 is 4.39 Å². The number of ether oxygens (including phenoxy) is 2. The fourth-order valence-electron chi connectivity index (χ4n) is 7.70. The van der Waals surface area contributed by atoms with Crippen LogP contribution in [-0.4, -0.2) is 90.5 Å². The molecule has 2 amide bonds. The van der Waals surface area contributed by atoms with E-state index in [0.29, 0.717) is 23.7 Å². The standard InChI is InChI=1S/C32H46FN5O4/c1-6-23(19-41-5)36-17-26-11-12-27(18-36)37(26)25-9-7-20(28(33)15-25)13-22(16-34)35-30(39)29-21-8-10-24(14-21)38(29)31(40)42-32(2,3)4/h7,9,15,21-24,26-27,29H,6,8,10-14,17-19H2,1-5H3,(H,35,39)/t21?,22-,23?,24?,26?,27?,29?/m0/s1. The van der Waals surface area contributed by atoms with E-state index in [2.05, 4.69) is 28.1 Å². The number of carbonyl (C=O) groups is 2. The van der Waals surface area contributed by atoms with Gasteiger partial charge in [-0.1, -0.05) is 13.0 Å². The van der Waals surface area contributed by atoms with E-state index in [4.69, 9.17) is 9.47 Å². The molecule has 0 spiro atoms. The summed E-state index contributed by atoms with van der Waals surface area (Å²) in [6.07, 6.45) is 5.22. The average Bonchev–Trinajstić information content (AvgIpc) is 3.63. The van der Waals surface area contributed by atoms with E-state index in [-0.39, 0.29) is 30.1 Å². The van der Waals surface area contributed by atoms with Crippen LogP contribution in [0.2, 0.25) is 0 Å². The van der Waals surface area contributed by atoms with Gasteiger partial charge >= 0.3 is 6.09 Å². The van der Waals surface area contributed by atoms with Crippen molar-refractivity contribution >= 4 is 17.7 Å². The highest BCUT2D eigenvalue weighted by Gasteiger charge is 2.52. The second-order valence-electron chi connectivity index (χ2n) is 13.5. The quantitative estimate of drug-likeness (QED) is 0.464. The van der Waals surface area contributed by atoms with Gasteiger partial charge in [-0.25, -0.2) is 9.18 Å². The second kappa shape index (κ2) is 12.4. The van der Waals surface area contributed by atoms with Crippen molar-refractivity contribution in [2.24, 2.45) is 5.92 Å². The van der Waals surface area contributed by atoms with Crippen molar-refractivity contribution in [3.63, 3.8) is 0 Å². The van der Waals surface area contributed by atoms with Gasteiger partial charge in [-0.05, 0) is 82.9 Å². The summed E-state index contributed by atoms with van der Waals surface area (Å²) in [6, 6.07) is 6.85. The Kier molecular flexibility index (Phi) is 9.00. The summed E-state index contributed by atoms with van der Waals surface area (Å²) in [4.78, 5) is 32.8. The molecule has 1 aromatic carbocycles. The van der Waals surface area contributed by atoms with Crippen molar-refractivity contribution in [2.75, 3.05) is 31.7 Å². The summed E-state index contributed by atoms with van der Waals surface area (Å²) in [5.41, 5.74) is 0.587. The van der Waals surface area contributed by atoms with Crippen LogP contribution in [0.5, 0.6) is 0 Å². The number of halogens is 1. The van der Waals surface area contributed by atoms with Gasteiger partial charge in [0, 0.05) is 56.5 Å². The molecular weight excluding hydrogens is 537 g/mol. The Morgan fingerprint density at radius 1 is 1.14 bits per heavy atom. The molecule has 3 saturated heterocycles. The van der Waals surface area contributed by atoms with Crippen molar-refractivity contribution < 1.29 is 23.5 Å². The van der Waals surface area contributed by atoms with Gasteiger partial charge in [0.05, 0.1) is 12.7 Å². The first kappa shape index (κ1) is 30.6. The Balaban J connectivity index is 1.23. The minimum atomic E-state index is -0.913. The van der Waals surface area contributed by atoms with E-state index in [0.717, 1.165) is 63.9 Å². The lowest BCUT2D eigenvalue weighted by atomic mass is 9.97. The van der Waals surface area contributed by atoms with Gasteiger partial charge in [0.25, 0.3) is 0 Å². The SMILES string of the molecule is CCC(COC)N1CC2CCC(C1)N2c1ccc(C[C@@H](C#N)NC(=O)C2C3CCC(C3)N2C(=O)OC(C)(C)C)c(F)c1. The number of amides is 2. The molecule has 5 rings (SSSR count). The minimum absolute atomic E-state index is 0.0314. The number of hydrogen-bond acceptors (Lipinski definition) is 7. The van der Waals surface area contributed by atoms with Gasteiger partial charge < -0.3 is 19.7 Å². The molecule has 1 aliphatic carbocycles. The van der Waals surface area contributed by atoms with E-state index in [1.165, 1.54) is 0 Å². The van der Waals surface area contributed by atoms with Gasteiger partial charge in [-0.3, -0.25) is 14.6 Å². The Morgan fingerprint density at radius 3 is 2.43 bits per heavy atom. The molecule has 4 aliphatic rings. The summed E-state index contributed by atoms with van der Waals surface area (Å²) in [6.45, 7) is 10.2. The molecule has 0 aromatic heterocycles. The number of fused-ring (bicyclic) bond motifs is 4. The van der Waals surface area contributed by atoms with Crippen LogP contribution in [0.4, 0.5) is 14.9 Å². The molecule has 7 atom stereocenters. The fourth-order valence-corrected chi connectivity index (χ4v) is 7.70. The molecule has 42 heavy (non-hydrogen) atoms. The molecule has 3 heterocycles. The molecule has 10 heteroatoms. The number of benzene rings is 1. The number of nitrogens with zero attached hydrogens (tertiary/aromatic N) is 4. The van der Waals surface area contributed by atoms with Crippen molar-refractivity contribution in [1.29, 1.82) is 5.26 Å². The fraction of sp³-hybridized carbons (Fsp3) is 0.719. The highest BCUT2D eigenvalue weighted by molar-refractivity contribution is 5.87. The number of piperazine rings is 1. The maximum atomic E-state index is 15.5. The van der Waals surface area contributed by atoms with Crippen molar-refractivity contribution in [1.82, 2.24) is 15.1 Å². The number of hydrogen-bond donors (Lipinski definition) is 1. The molecule has 4 bridgehead atoms. The molecule has 9 nitrogen and oxygen atoms in total. The molecular formula is C32H46FN5O4. The maximum absolute atomic E-state index is 15.5. The zero-order chi connectivity index (χ0) is 30.2. The second-order valence-corrected chi connectivity index (χ2v) is 13.5. The third-order valence-electron chi connectivity index (χ3n) is 9.55. The van der Waals surface area contributed by atoms with Crippen molar-refractivity contribution in [2.45, 2.75) is 114 Å². The van der Waals surface area contributed by atoms with Gasteiger partial charge in [0.15, 0.2) is 0 Å². The smallest absolute Gasteiger partial charge is 0.411 e. The van der Waals surface area contributed by atoms with E-state index in [1.54, 1.807) is 44.9 Å². The number of carbonyl (C=O) groups excluding carboxylic acids is 2. The van der Waals surface area contributed by atoms with Gasteiger partial charge in [0.1, 0.15) is 23.5 Å². The lowest BCUT2D eigenvalue weighted by Crippen LogP contribution is -2.57. The van der Waals surface area contributed by atoms with Gasteiger partial charge in [-0.15, -0.1) is 0 Å². The number of methoxy groups -OCH3 is 1. The number of rotatable bonds is 9. The van der Waals surface area contributed by atoms with Crippen LogP contribution in [0.25, 0.3) is 0 Å². The summed E-state index contributed by atoms with van der Waals surface area (Å²) in [5.74, 6) is -0.703. The zero-order valence-corrected chi connectivity index (χ0v) is 25.6.